The summed E-state index contributed by atoms with van der Waals surface area (Å²) in [7, 11) is 0. The van der Waals surface area contributed by atoms with E-state index in [2.05, 4.69) is 40.1 Å². The van der Waals surface area contributed by atoms with Crippen molar-refractivity contribution in [3.8, 4) is 0 Å². The van der Waals surface area contributed by atoms with Crippen LogP contribution in [0.1, 0.15) is 31.2 Å². The van der Waals surface area contributed by atoms with Crippen molar-refractivity contribution in [2.24, 2.45) is 0 Å². The molecule has 0 unspecified atom stereocenters. The van der Waals surface area contributed by atoms with Gasteiger partial charge in [-0.3, -0.25) is 9.80 Å². The average molecular weight is 300 g/mol. The molecule has 0 bridgehead atoms. The fraction of sp³-hybridized carbons (Fsp3) is 0.684. The number of hydrogen-bond donors (Lipinski definition) is 0. The Morgan fingerprint density at radius 2 is 1.82 bits per heavy atom. The Labute approximate surface area is 134 Å². The van der Waals surface area contributed by atoms with Crippen molar-refractivity contribution < 1.29 is 4.74 Å². The summed E-state index contributed by atoms with van der Waals surface area (Å²) >= 11 is 0. The SMILES string of the molecule is c1ccc([C@]2(CN3CC(N4CCCCC4)C3)CCOC2)cc1. The molecule has 3 fully saturated rings. The Morgan fingerprint density at radius 3 is 2.50 bits per heavy atom. The van der Waals surface area contributed by atoms with Crippen LogP contribution in [0.25, 0.3) is 0 Å². The Hall–Kier alpha value is -0.900. The molecule has 3 heterocycles. The lowest BCUT2D eigenvalue weighted by Crippen LogP contribution is -2.62. The zero-order chi connectivity index (χ0) is 14.8. The molecule has 3 aliphatic heterocycles. The maximum Gasteiger partial charge on any atom is 0.0576 e. The molecule has 3 nitrogen and oxygen atoms in total. The van der Waals surface area contributed by atoms with Gasteiger partial charge in [0.2, 0.25) is 0 Å². The van der Waals surface area contributed by atoms with E-state index in [1.807, 2.05) is 0 Å². The Bertz CT molecular complexity index is 471. The van der Waals surface area contributed by atoms with Crippen molar-refractivity contribution in [2.75, 3.05) is 45.9 Å². The summed E-state index contributed by atoms with van der Waals surface area (Å²) in [6.07, 6.45) is 5.40. The van der Waals surface area contributed by atoms with E-state index in [0.717, 1.165) is 19.3 Å². The summed E-state index contributed by atoms with van der Waals surface area (Å²) in [4.78, 5) is 5.38. The first-order valence-electron chi connectivity index (χ1n) is 8.95. The molecule has 0 spiro atoms. The molecule has 1 aromatic rings. The monoisotopic (exact) mass is 300 g/mol. The highest BCUT2D eigenvalue weighted by Gasteiger charge is 2.42. The van der Waals surface area contributed by atoms with Crippen LogP contribution in [0.15, 0.2) is 30.3 Å². The van der Waals surface area contributed by atoms with Crippen LogP contribution in [0.2, 0.25) is 0 Å². The average Bonchev–Trinajstić information content (AvgIpc) is 3.02. The van der Waals surface area contributed by atoms with E-state index in [1.54, 1.807) is 0 Å². The molecule has 0 radical (unpaired) electrons. The molecule has 22 heavy (non-hydrogen) atoms. The van der Waals surface area contributed by atoms with Crippen molar-refractivity contribution in [1.29, 1.82) is 0 Å². The van der Waals surface area contributed by atoms with Crippen LogP contribution in [-0.2, 0) is 10.2 Å². The van der Waals surface area contributed by atoms with Crippen molar-refractivity contribution >= 4 is 0 Å². The van der Waals surface area contributed by atoms with Crippen LogP contribution in [0.3, 0.4) is 0 Å². The van der Waals surface area contributed by atoms with Gasteiger partial charge in [-0.1, -0.05) is 36.8 Å². The minimum Gasteiger partial charge on any atom is -0.380 e. The molecule has 3 heteroatoms. The van der Waals surface area contributed by atoms with Gasteiger partial charge >= 0.3 is 0 Å². The number of ether oxygens (including phenoxy) is 1. The second kappa shape index (κ2) is 6.31. The second-order valence-corrected chi connectivity index (χ2v) is 7.39. The molecule has 3 aliphatic rings. The molecule has 0 N–H and O–H groups in total. The molecule has 3 saturated heterocycles. The van der Waals surface area contributed by atoms with E-state index in [1.165, 1.54) is 64.0 Å². The Morgan fingerprint density at radius 1 is 1.05 bits per heavy atom. The summed E-state index contributed by atoms with van der Waals surface area (Å²) in [6.45, 7) is 8.14. The molecule has 1 aromatic carbocycles. The van der Waals surface area contributed by atoms with E-state index in [0.29, 0.717) is 0 Å². The molecular formula is C19H28N2O. The summed E-state index contributed by atoms with van der Waals surface area (Å²) in [5.41, 5.74) is 1.70. The molecule has 0 saturated carbocycles. The lowest BCUT2D eigenvalue weighted by Gasteiger charge is -2.49. The van der Waals surface area contributed by atoms with E-state index in [9.17, 15) is 0 Å². The minimum atomic E-state index is 0.230. The van der Waals surface area contributed by atoms with Gasteiger partial charge < -0.3 is 4.74 Å². The van der Waals surface area contributed by atoms with Crippen molar-refractivity contribution in [1.82, 2.24) is 9.80 Å². The molecule has 4 rings (SSSR count). The predicted molar refractivity (Wildman–Crippen MR) is 89.2 cm³/mol. The number of rotatable bonds is 4. The minimum absolute atomic E-state index is 0.230. The first-order chi connectivity index (χ1) is 10.9. The van der Waals surface area contributed by atoms with E-state index < -0.39 is 0 Å². The van der Waals surface area contributed by atoms with Gasteiger partial charge in [0.05, 0.1) is 6.61 Å². The highest BCUT2D eigenvalue weighted by molar-refractivity contribution is 5.27. The lowest BCUT2D eigenvalue weighted by molar-refractivity contribution is 0.00804. The van der Waals surface area contributed by atoms with Gasteiger partial charge in [-0.25, -0.2) is 0 Å². The molecule has 0 aromatic heterocycles. The second-order valence-electron chi connectivity index (χ2n) is 7.39. The number of likely N-dealkylation sites (tertiary alicyclic amines) is 2. The van der Waals surface area contributed by atoms with Gasteiger partial charge in [0.25, 0.3) is 0 Å². The standard InChI is InChI=1S/C19H28N2O/c1-3-7-17(8-4-1)19(9-12-22-16-19)15-20-13-18(14-20)21-10-5-2-6-11-21/h1,3-4,7-8,18H,2,5-6,9-16H2/t19-/m0/s1. The van der Waals surface area contributed by atoms with Crippen molar-refractivity contribution in [3.05, 3.63) is 35.9 Å². The van der Waals surface area contributed by atoms with Crippen molar-refractivity contribution in [3.63, 3.8) is 0 Å². The first-order valence-corrected chi connectivity index (χ1v) is 8.95. The van der Waals surface area contributed by atoms with Gasteiger partial charge in [0, 0.05) is 37.7 Å². The summed E-state index contributed by atoms with van der Waals surface area (Å²) < 4.78 is 5.79. The van der Waals surface area contributed by atoms with Crippen molar-refractivity contribution in [2.45, 2.75) is 37.1 Å². The molecule has 0 aliphatic carbocycles. The van der Waals surface area contributed by atoms with Gasteiger partial charge in [-0.15, -0.1) is 0 Å². The highest BCUT2D eigenvalue weighted by atomic mass is 16.5. The molecule has 120 valence electrons. The fourth-order valence-electron chi connectivity index (χ4n) is 4.46. The number of nitrogens with zero attached hydrogens (tertiary/aromatic N) is 2. The fourth-order valence-corrected chi connectivity index (χ4v) is 4.46. The smallest absolute Gasteiger partial charge is 0.0576 e. The number of piperidine rings is 1. The molecule has 1 atom stereocenters. The molecular weight excluding hydrogens is 272 g/mol. The third-order valence-electron chi connectivity index (χ3n) is 5.86. The van der Waals surface area contributed by atoms with Crippen LogP contribution in [0.5, 0.6) is 0 Å². The summed E-state index contributed by atoms with van der Waals surface area (Å²) in [5.74, 6) is 0. The maximum absolute atomic E-state index is 5.79. The van der Waals surface area contributed by atoms with Crippen LogP contribution in [0, 0.1) is 0 Å². The maximum atomic E-state index is 5.79. The van der Waals surface area contributed by atoms with Crippen LogP contribution in [-0.4, -0.2) is 61.8 Å². The van der Waals surface area contributed by atoms with Gasteiger partial charge in [0.15, 0.2) is 0 Å². The highest BCUT2D eigenvalue weighted by Crippen LogP contribution is 2.35. The lowest BCUT2D eigenvalue weighted by atomic mass is 9.78. The van der Waals surface area contributed by atoms with E-state index in [-0.39, 0.29) is 5.41 Å². The van der Waals surface area contributed by atoms with E-state index >= 15 is 0 Å². The third-order valence-corrected chi connectivity index (χ3v) is 5.86. The van der Waals surface area contributed by atoms with Crippen LogP contribution < -0.4 is 0 Å². The number of benzene rings is 1. The van der Waals surface area contributed by atoms with Crippen LogP contribution in [0.4, 0.5) is 0 Å². The Kier molecular flexibility index (Phi) is 4.21. The summed E-state index contributed by atoms with van der Waals surface area (Å²) in [5, 5.41) is 0. The normalized spacial score (nSPS) is 31.3. The summed E-state index contributed by atoms with van der Waals surface area (Å²) in [6, 6.07) is 11.8. The first kappa shape index (κ1) is 14.7. The molecule has 0 amide bonds. The van der Waals surface area contributed by atoms with Gasteiger partial charge in [-0.2, -0.15) is 0 Å². The van der Waals surface area contributed by atoms with Gasteiger partial charge in [0.1, 0.15) is 0 Å². The van der Waals surface area contributed by atoms with E-state index in [4.69, 9.17) is 4.74 Å². The predicted octanol–water partition coefficient (Wildman–Crippen LogP) is 2.51. The topological polar surface area (TPSA) is 15.7 Å². The van der Waals surface area contributed by atoms with Crippen LogP contribution >= 0.6 is 0 Å². The third kappa shape index (κ3) is 2.82. The number of hydrogen-bond acceptors (Lipinski definition) is 3. The quantitative estimate of drug-likeness (QED) is 0.850. The Balaban J connectivity index is 1.38. The largest absolute Gasteiger partial charge is 0.380 e. The zero-order valence-corrected chi connectivity index (χ0v) is 13.5. The zero-order valence-electron chi connectivity index (χ0n) is 13.5. The van der Waals surface area contributed by atoms with Gasteiger partial charge in [-0.05, 0) is 37.9 Å².